The molecule has 132 valence electrons. The zero-order valence-corrected chi connectivity index (χ0v) is 14.0. The summed E-state index contributed by atoms with van der Waals surface area (Å²) in [4.78, 5) is 24.2. The van der Waals surface area contributed by atoms with Crippen molar-refractivity contribution in [3.8, 4) is 0 Å². The molecular formula is C17H22N6O2. The van der Waals surface area contributed by atoms with Gasteiger partial charge in [0.15, 0.2) is 5.65 Å². The summed E-state index contributed by atoms with van der Waals surface area (Å²) >= 11 is 0. The van der Waals surface area contributed by atoms with Gasteiger partial charge in [-0.2, -0.15) is 0 Å². The number of carbonyl (C=O) groups excluding carboxylic acids is 2. The topological polar surface area (TPSA) is 100 Å². The molecule has 0 radical (unpaired) electrons. The molecule has 1 aliphatic carbocycles. The number of aromatic nitrogens is 3. The van der Waals surface area contributed by atoms with Gasteiger partial charge in [0.25, 0.3) is 0 Å². The van der Waals surface area contributed by atoms with Crippen LogP contribution < -0.4 is 16.0 Å². The highest BCUT2D eigenvalue weighted by atomic mass is 16.2. The van der Waals surface area contributed by atoms with Crippen molar-refractivity contribution in [3.63, 3.8) is 0 Å². The molecule has 0 aromatic carbocycles. The van der Waals surface area contributed by atoms with Crippen molar-refractivity contribution in [2.75, 3.05) is 11.9 Å². The van der Waals surface area contributed by atoms with Crippen LogP contribution in [0.15, 0.2) is 18.3 Å². The summed E-state index contributed by atoms with van der Waals surface area (Å²) in [5.74, 6) is 1.29. The van der Waals surface area contributed by atoms with E-state index >= 15 is 0 Å². The smallest absolute Gasteiger partial charge is 0.319 e. The molecule has 1 unspecified atom stereocenters. The molecular weight excluding hydrogens is 320 g/mol. The minimum Gasteiger partial charge on any atom is -0.354 e. The minimum atomic E-state index is -0.480. The van der Waals surface area contributed by atoms with Gasteiger partial charge >= 0.3 is 6.03 Å². The van der Waals surface area contributed by atoms with E-state index in [0.29, 0.717) is 24.6 Å². The molecule has 0 spiro atoms. The summed E-state index contributed by atoms with van der Waals surface area (Å²) < 4.78 is 1.94. The van der Waals surface area contributed by atoms with E-state index in [4.69, 9.17) is 0 Å². The highest BCUT2D eigenvalue weighted by Gasteiger charge is 2.25. The molecule has 2 fully saturated rings. The van der Waals surface area contributed by atoms with Gasteiger partial charge in [0, 0.05) is 18.7 Å². The van der Waals surface area contributed by atoms with E-state index in [9.17, 15) is 9.59 Å². The number of fused-ring (bicyclic) bond motifs is 1. The van der Waals surface area contributed by atoms with Gasteiger partial charge in [0.2, 0.25) is 5.91 Å². The summed E-state index contributed by atoms with van der Waals surface area (Å²) in [6.07, 6.45) is 7.86. The average molecular weight is 342 g/mol. The van der Waals surface area contributed by atoms with Crippen LogP contribution in [0.4, 0.5) is 10.5 Å². The van der Waals surface area contributed by atoms with Crippen LogP contribution in [0.25, 0.3) is 5.65 Å². The summed E-state index contributed by atoms with van der Waals surface area (Å²) in [6.45, 7) is 0.673. The van der Waals surface area contributed by atoms with Gasteiger partial charge < -0.3 is 16.0 Å². The molecule has 1 saturated carbocycles. The fourth-order valence-electron chi connectivity index (χ4n) is 3.33. The van der Waals surface area contributed by atoms with E-state index < -0.39 is 6.04 Å². The molecule has 3 heterocycles. The van der Waals surface area contributed by atoms with E-state index in [2.05, 4.69) is 26.1 Å². The van der Waals surface area contributed by atoms with E-state index in [1.54, 1.807) is 6.07 Å². The van der Waals surface area contributed by atoms with Gasteiger partial charge in [0.05, 0.1) is 5.69 Å². The lowest BCUT2D eigenvalue weighted by Crippen LogP contribution is -2.47. The minimum absolute atomic E-state index is 0.116. The fraction of sp³-hybridized carbons (Fsp3) is 0.529. The van der Waals surface area contributed by atoms with Crippen molar-refractivity contribution < 1.29 is 9.59 Å². The zero-order chi connectivity index (χ0) is 17.2. The lowest BCUT2D eigenvalue weighted by atomic mass is 9.85. The standard InChI is InChI=1S/C17H22N6O2/c24-16-13(6-1-2-9-18-16)20-17(25)19-12-7-8-14-21-22-15(23(14)10-12)11-4-3-5-11/h7-8,10-11,13H,1-6,9H2,(H,18,24)(H2,19,20,25). The second-order valence-corrected chi connectivity index (χ2v) is 6.77. The summed E-state index contributed by atoms with van der Waals surface area (Å²) in [5.41, 5.74) is 1.43. The van der Waals surface area contributed by atoms with Crippen LogP contribution in [-0.4, -0.2) is 39.1 Å². The number of carbonyl (C=O) groups is 2. The van der Waals surface area contributed by atoms with Gasteiger partial charge in [-0.05, 0) is 44.2 Å². The number of rotatable bonds is 3. The molecule has 8 nitrogen and oxygen atoms in total. The van der Waals surface area contributed by atoms with Gasteiger partial charge in [0.1, 0.15) is 11.9 Å². The number of hydrogen-bond donors (Lipinski definition) is 3. The van der Waals surface area contributed by atoms with Crippen molar-refractivity contribution in [2.24, 2.45) is 0 Å². The third kappa shape index (κ3) is 3.29. The fourth-order valence-corrected chi connectivity index (χ4v) is 3.33. The average Bonchev–Trinajstić information content (AvgIpc) is 2.83. The molecule has 8 heteroatoms. The predicted molar refractivity (Wildman–Crippen MR) is 92.4 cm³/mol. The van der Waals surface area contributed by atoms with Crippen molar-refractivity contribution in [1.29, 1.82) is 0 Å². The SMILES string of the molecule is O=C(Nc1ccc2nnc(C3CCC3)n2c1)NC1CCCCNC1=O. The third-order valence-electron chi connectivity index (χ3n) is 5.00. The molecule has 3 amide bonds. The Morgan fingerprint density at radius 2 is 2.04 bits per heavy atom. The van der Waals surface area contributed by atoms with Crippen LogP contribution in [0, 0.1) is 0 Å². The van der Waals surface area contributed by atoms with Crippen molar-refractivity contribution in [3.05, 3.63) is 24.2 Å². The zero-order valence-electron chi connectivity index (χ0n) is 14.0. The van der Waals surface area contributed by atoms with Gasteiger partial charge in [-0.3, -0.25) is 9.20 Å². The lowest BCUT2D eigenvalue weighted by Gasteiger charge is -2.23. The summed E-state index contributed by atoms with van der Waals surface area (Å²) in [6, 6.07) is 2.77. The molecule has 4 rings (SSSR count). The predicted octanol–water partition coefficient (Wildman–Crippen LogP) is 1.79. The Morgan fingerprint density at radius 3 is 2.84 bits per heavy atom. The molecule has 2 aliphatic rings. The van der Waals surface area contributed by atoms with E-state index in [1.165, 1.54) is 6.42 Å². The van der Waals surface area contributed by atoms with Crippen molar-refractivity contribution in [2.45, 2.75) is 50.5 Å². The largest absolute Gasteiger partial charge is 0.354 e. The van der Waals surface area contributed by atoms with Crippen LogP contribution >= 0.6 is 0 Å². The maximum absolute atomic E-state index is 12.3. The monoisotopic (exact) mass is 342 g/mol. The Bertz CT molecular complexity index is 798. The van der Waals surface area contributed by atoms with E-state index in [1.807, 2.05) is 16.7 Å². The molecule has 2 aromatic heterocycles. The first-order valence-electron chi connectivity index (χ1n) is 8.90. The highest BCUT2D eigenvalue weighted by molar-refractivity contribution is 5.93. The van der Waals surface area contributed by atoms with Crippen LogP contribution in [-0.2, 0) is 4.79 Å². The number of hydrogen-bond acceptors (Lipinski definition) is 4. The molecule has 0 bridgehead atoms. The summed E-state index contributed by atoms with van der Waals surface area (Å²) in [7, 11) is 0. The second-order valence-electron chi connectivity index (χ2n) is 6.77. The molecule has 3 N–H and O–H groups in total. The quantitative estimate of drug-likeness (QED) is 0.791. The van der Waals surface area contributed by atoms with Crippen molar-refractivity contribution in [1.82, 2.24) is 25.2 Å². The van der Waals surface area contributed by atoms with E-state index in [-0.39, 0.29) is 11.9 Å². The number of anilines is 1. The van der Waals surface area contributed by atoms with Crippen LogP contribution in [0.3, 0.4) is 0 Å². The first kappa shape index (κ1) is 15.9. The maximum Gasteiger partial charge on any atom is 0.319 e. The molecule has 1 atom stereocenters. The molecule has 1 saturated heterocycles. The van der Waals surface area contributed by atoms with Crippen LogP contribution in [0.5, 0.6) is 0 Å². The summed E-state index contributed by atoms with van der Waals surface area (Å²) in [5, 5.41) is 16.8. The molecule has 2 aromatic rings. The highest BCUT2D eigenvalue weighted by Crippen LogP contribution is 2.35. The van der Waals surface area contributed by atoms with Crippen molar-refractivity contribution >= 4 is 23.3 Å². The lowest BCUT2D eigenvalue weighted by molar-refractivity contribution is -0.122. The van der Waals surface area contributed by atoms with Gasteiger partial charge in [-0.15, -0.1) is 10.2 Å². The Morgan fingerprint density at radius 1 is 1.16 bits per heavy atom. The van der Waals surface area contributed by atoms with Gasteiger partial charge in [-0.1, -0.05) is 6.42 Å². The maximum atomic E-state index is 12.3. The third-order valence-corrected chi connectivity index (χ3v) is 5.00. The van der Waals surface area contributed by atoms with Crippen LogP contribution in [0.1, 0.15) is 50.3 Å². The van der Waals surface area contributed by atoms with Crippen LogP contribution in [0.2, 0.25) is 0 Å². The Hall–Kier alpha value is -2.64. The number of urea groups is 1. The normalized spacial score (nSPS) is 21.3. The molecule has 25 heavy (non-hydrogen) atoms. The second kappa shape index (κ2) is 6.70. The molecule has 1 aliphatic heterocycles. The number of nitrogens with one attached hydrogen (secondary N) is 3. The Balaban J connectivity index is 1.46. The Labute approximate surface area is 145 Å². The Kier molecular flexibility index (Phi) is 4.25. The first-order chi connectivity index (χ1) is 12.2. The van der Waals surface area contributed by atoms with Gasteiger partial charge in [-0.25, -0.2) is 4.79 Å². The first-order valence-corrected chi connectivity index (χ1v) is 8.90. The van der Waals surface area contributed by atoms with E-state index in [0.717, 1.165) is 37.2 Å². The number of pyridine rings is 1. The number of nitrogens with zero attached hydrogens (tertiary/aromatic N) is 3. The number of amides is 3.